The van der Waals surface area contributed by atoms with Crippen molar-refractivity contribution in [1.82, 2.24) is 9.80 Å². The summed E-state index contributed by atoms with van der Waals surface area (Å²) < 4.78 is 21.4. The van der Waals surface area contributed by atoms with E-state index in [1.165, 1.54) is 9.80 Å². The average Bonchev–Trinajstić information content (AvgIpc) is 2.78. The van der Waals surface area contributed by atoms with Gasteiger partial charge in [0, 0.05) is 24.9 Å². The number of rotatable bonds is 6. The molecule has 12 nitrogen and oxygen atoms in total. The first-order valence-corrected chi connectivity index (χ1v) is 13.5. The van der Waals surface area contributed by atoms with Crippen LogP contribution in [0.5, 0.6) is 0 Å². The number of esters is 2. The van der Waals surface area contributed by atoms with Gasteiger partial charge in [-0.05, 0) is 68.7 Å². The Kier molecular flexibility index (Phi) is 10.5. The van der Waals surface area contributed by atoms with Crippen molar-refractivity contribution in [3.8, 4) is 0 Å². The third-order valence-electron chi connectivity index (χ3n) is 6.36. The molecule has 40 heavy (non-hydrogen) atoms. The summed E-state index contributed by atoms with van der Waals surface area (Å²) >= 11 is 0. The number of hydrogen-bond donors (Lipinski definition) is 2. The Morgan fingerprint density at radius 2 is 1.43 bits per heavy atom. The molecule has 0 radical (unpaired) electrons. The van der Waals surface area contributed by atoms with Crippen molar-refractivity contribution in [3.63, 3.8) is 0 Å². The molecule has 12 heteroatoms. The van der Waals surface area contributed by atoms with Gasteiger partial charge in [-0.15, -0.1) is 0 Å². The minimum Gasteiger partial charge on any atom is -0.512 e. The van der Waals surface area contributed by atoms with Crippen LogP contribution >= 0.6 is 0 Å². The predicted molar refractivity (Wildman–Crippen MR) is 144 cm³/mol. The fourth-order valence-corrected chi connectivity index (χ4v) is 4.40. The van der Waals surface area contributed by atoms with Crippen LogP contribution < -0.4 is 0 Å². The summed E-state index contributed by atoms with van der Waals surface area (Å²) in [4.78, 5) is 53.8. The number of nitrogens with zero attached hydrogens (tertiary/aromatic N) is 2. The van der Waals surface area contributed by atoms with Crippen LogP contribution in [0.2, 0.25) is 0 Å². The number of aliphatic hydroxyl groups excluding tert-OH is 2. The number of carbonyl (C=O) groups excluding carboxylic acids is 4. The molecule has 2 N–H and O–H groups in total. The van der Waals surface area contributed by atoms with Gasteiger partial charge in [0.25, 0.3) is 0 Å². The van der Waals surface area contributed by atoms with Crippen LogP contribution in [0.4, 0.5) is 9.59 Å². The molecule has 0 aromatic rings. The van der Waals surface area contributed by atoms with Gasteiger partial charge in [-0.2, -0.15) is 0 Å². The van der Waals surface area contributed by atoms with Gasteiger partial charge in [0.1, 0.15) is 22.7 Å². The predicted octanol–water partition coefficient (Wildman–Crippen LogP) is 4.39. The molecule has 2 heterocycles. The van der Waals surface area contributed by atoms with Gasteiger partial charge in [-0.1, -0.05) is 0 Å². The van der Waals surface area contributed by atoms with Crippen LogP contribution in [0, 0.1) is 5.92 Å². The lowest BCUT2D eigenvalue weighted by molar-refractivity contribution is -0.141. The first kappa shape index (κ1) is 32.8. The maximum absolute atomic E-state index is 12.9. The topological polar surface area (TPSA) is 152 Å². The highest BCUT2D eigenvalue weighted by molar-refractivity contribution is 5.92. The fourth-order valence-electron chi connectivity index (χ4n) is 4.40. The van der Waals surface area contributed by atoms with Crippen molar-refractivity contribution in [1.29, 1.82) is 0 Å². The van der Waals surface area contributed by atoms with E-state index in [0.29, 0.717) is 0 Å². The highest BCUT2D eigenvalue weighted by atomic mass is 16.6. The molecule has 0 aromatic carbocycles. The van der Waals surface area contributed by atoms with Crippen LogP contribution in [0.15, 0.2) is 22.7 Å². The van der Waals surface area contributed by atoms with Crippen molar-refractivity contribution in [3.05, 3.63) is 22.7 Å². The van der Waals surface area contributed by atoms with Crippen LogP contribution in [-0.4, -0.2) is 93.7 Å². The molecular formula is C28H44N2O10. The molecule has 3 atom stereocenters. The van der Waals surface area contributed by atoms with Gasteiger partial charge >= 0.3 is 24.1 Å². The summed E-state index contributed by atoms with van der Waals surface area (Å²) in [5, 5.41) is 21.4. The maximum atomic E-state index is 12.9. The van der Waals surface area contributed by atoms with Crippen LogP contribution in [0.1, 0.15) is 75.2 Å². The monoisotopic (exact) mass is 568 g/mol. The van der Waals surface area contributed by atoms with Gasteiger partial charge in [-0.3, -0.25) is 0 Å². The summed E-state index contributed by atoms with van der Waals surface area (Å²) in [5.41, 5.74) is -1.65. The summed E-state index contributed by atoms with van der Waals surface area (Å²) in [7, 11) is 0. The molecular weight excluding hydrogens is 524 g/mol. The standard InChI is InChI=1S/C28H44N2O10/c1-10-37-24(34)21-17(3)30(26(36)40-28(7,8)9)14-18(22(21)32)11-12-38-23(33)19-15-29(16(2)13-20(19)31)25(35)39-27(4,5)6/h16-18,31-32H,10-15H2,1-9H3. The van der Waals surface area contributed by atoms with Gasteiger partial charge in [0.15, 0.2) is 0 Å². The Balaban J connectivity index is 2.17. The number of ether oxygens (including phenoxy) is 4. The quantitative estimate of drug-likeness (QED) is 0.348. The SMILES string of the molecule is CCOC(=O)C1=C(O)C(CCOC(=O)C2=C(O)CC(C)N(C(=O)OC(C)(C)C)C2)CN(C(=O)OC(C)(C)C)C1C. The van der Waals surface area contributed by atoms with Crippen molar-refractivity contribution >= 4 is 24.1 Å². The van der Waals surface area contributed by atoms with Gasteiger partial charge in [-0.25, -0.2) is 19.2 Å². The summed E-state index contributed by atoms with van der Waals surface area (Å²) in [5.74, 6) is -2.74. The highest BCUT2D eigenvalue weighted by Gasteiger charge is 2.41. The molecule has 0 saturated heterocycles. The zero-order valence-corrected chi connectivity index (χ0v) is 25.0. The first-order chi connectivity index (χ1) is 18.4. The van der Waals surface area contributed by atoms with Crippen molar-refractivity contribution in [2.24, 2.45) is 5.92 Å². The number of hydrogen-bond acceptors (Lipinski definition) is 10. The van der Waals surface area contributed by atoms with E-state index in [0.717, 1.165) is 0 Å². The molecule has 2 amide bonds. The second kappa shape index (κ2) is 12.8. The molecule has 0 bridgehead atoms. The zero-order chi connectivity index (χ0) is 30.6. The molecule has 2 aliphatic heterocycles. The van der Waals surface area contributed by atoms with Crippen LogP contribution in [0.25, 0.3) is 0 Å². The molecule has 0 fully saturated rings. The van der Waals surface area contributed by atoms with E-state index in [9.17, 15) is 29.4 Å². The van der Waals surface area contributed by atoms with E-state index in [-0.39, 0.29) is 61.8 Å². The van der Waals surface area contributed by atoms with E-state index in [2.05, 4.69) is 0 Å². The number of aliphatic hydroxyl groups is 2. The minimum absolute atomic E-state index is 0.0141. The van der Waals surface area contributed by atoms with Crippen molar-refractivity contribution < 1.29 is 48.3 Å². The third-order valence-corrected chi connectivity index (χ3v) is 6.36. The normalized spacial score (nSPS) is 22.2. The Bertz CT molecular complexity index is 1050. The minimum atomic E-state index is -0.819. The smallest absolute Gasteiger partial charge is 0.410 e. The lowest BCUT2D eigenvalue weighted by Crippen LogP contribution is -2.50. The molecule has 2 aliphatic rings. The van der Waals surface area contributed by atoms with Gasteiger partial charge < -0.3 is 39.0 Å². The van der Waals surface area contributed by atoms with E-state index < -0.39 is 53.3 Å². The summed E-state index contributed by atoms with van der Waals surface area (Å²) in [6.07, 6.45) is -1.16. The number of carbonyl (C=O) groups is 4. The largest absolute Gasteiger partial charge is 0.512 e. The number of amides is 2. The van der Waals surface area contributed by atoms with Gasteiger partial charge in [0.05, 0.1) is 36.9 Å². The third kappa shape index (κ3) is 8.53. The second-order valence-electron chi connectivity index (χ2n) is 12.0. The van der Waals surface area contributed by atoms with Crippen LogP contribution in [0.3, 0.4) is 0 Å². The Morgan fingerprint density at radius 3 is 1.95 bits per heavy atom. The highest BCUT2D eigenvalue weighted by Crippen LogP contribution is 2.31. The van der Waals surface area contributed by atoms with E-state index in [4.69, 9.17) is 18.9 Å². The molecule has 2 rings (SSSR count). The Hall–Kier alpha value is -3.44. The zero-order valence-electron chi connectivity index (χ0n) is 25.0. The van der Waals surface area contributed by atoms with E-state index in [1.54, 1.807) is 62.3 Å². The average molecular weight is 569 g/mol. The second-order valence-corrected chi connectivity index (χ2v) is 12.0. The van der Waals surface area contributed by atoms with Crippen molar-refractivity contribution in [2.45, 2.75) is 98.4 Å². The summed E-state index contributed by atoms with van der Waals surface area (Å²) in [6, 6.07) is -1.20. The van der Waals surface area contributed by atoms with E-state index >= 15 is 0 Å². The molecule has 226 valence electrons. The Labute approximate surface area is 235 Å². The lowest BCUT2D eigenvalue weighted by atomic mass is 9.90. The molecule has 0 saturated carbocycles. The molecule has 0 aromatic heterocycles. The van der Waals surface area contributed by atoms with Crippen molar-refractivity contribution in [2.75, 3.05) is 26.3 Å². The molecule has 0 aliphatic carbocycles. The van der Waals surface area contributed by atoms with Crippen LogP contribution in [-0.2, 0) is 28.5 Å². The summed E-state index contributed by atoms with van der Waals surface area (Å²) in [6.45, 7) is 15.0. The van der Waals surface area contributed by atoms with Gasteiger partial charge in [0.2, 0.25) is 0 Å². The lowest BCUT2D eigenvalue weighted by Gasteiger charge is -2.39. The Morgan fingerprint density at radius 1 is 0.875 bits per heavy atom. The maximum Gasteiger partial charge on any atom is 0.410 e. The first-order valence-electron chi connectivity index (χ1n) is 13.5. The molecule has 0 spiro atoms. The van der Waals surface area contributed by atoms with E-state index in [1.807, 2.05) is 0 Å². The molecule has 3 unspecified atom stereocenters. The fraction of sp³-hybridized carbons (Fsp3) is 0.714.